The van der Waals surface area contributed by atoms with Gasteiger partial charge in [-0.3, -0.25) is 9.58 Å². The normalized spacial score (nSPS) is 34.4. The van der Waals surface area contributed by atoms with Crippen LogP contribution in [0.3, 0.4) is 0 Å². The standard InChI is InChI=1S/C18H30N4/c1-17(2)8-16-9-18(3,12-17)13-21(16)11-14-7-15-10-19-5-4-6-22(15)20-14/h7,16,19H,4-6,8-13H2,1-3H3/t16-,18-/m1/s1. The molecule has 1 aromatic rings. The van der Waals surface area contributed by atoms with Crippen molar-refractivity contribution in [2.75, 3.05) is 13.1 Å². The van der Waals surface area contributed by atoms with Crippen molar-refractivity contribution in [3.05, 3.63) is 17.5 Å². The van der Waals surface area contributed by atoms with E-state index in [9.17, 15) is 0 Å². The van der Waals surface area contributed by atoms with Crippen molar-refractivity contribution in [1.29, 1.82) is 0 Å². The molecule has 122 valence electrons. The number of aromatic nitrogens is 2. The number of hydrogen-bond donors (Lipinski definition) is 1. The summed E-state index contributed by atoms with van der Waals surface area (Å²) in [6, 6.07) is 3.09. The molecule has 2 bridgehead atoms. The second-order valence-electron chi connectivity index (χ2n) is 9.00. The van der Waals surface area contributed by atoms with Gasteiger partial charge in [0.05, 0.1) is 11.4 Å². The lowest BCUT2D eigenvalue weighted by Gasteiger charge is -2.39. The molecule has 4 rings (SSSR count). The third-order valence-corrected chi connectivity index (χ3v) is 5.83. The molecule has 1 N–H and O–H groups in total. The molecule has 2 fully saturated rings. The van der Waals surface area contributed by atoms with E-state index >= 15 is 0 Å². The average Bonchev–Trinajstić information content (AvgIpc) is 2.78. The molecule has 3 aliphatic rings. The zero-order chi connectivity index (χ0) is 15.4. The minimum absolute atomic E-state index is 0.502. The molecule has 0 amide bonds. The van der Waals surface area contributed by atoms with Gasteiger partial charge in [-0.15, -0.1) is 0 Å². The van der Waals surface area contributed by atoms with Crippen molar-refractivity contribution >= 4 is 0 Å². The van der Waals surface area contributed by atoms with Crippen LogP contribution in [0, 0.1) is 10.8 Å². The van der Waals surface area contributed by atoms with Gasteiger partial charge in [0.2, 0.25) is 0 Å². The zero-order valence-corrected chi connectivity index (χ0v) is 14.4. The van der Waals surface area contributed by atoms with Crippen molar-refractivity contribution in [2.24, 2.45) is 10.8 Å². The number of nitrogens with one attached hydrogen (secondary N) is 1. The highest BCUT2D eigenvalue weighted by atomic mass is 15.3. The highest BCUT2D eigenvalue weighted by Crippen LogP contribution is 2.52. The van der Waals surface area contributed by atoms with Gasteiger partial charge in [-0.25, -0.2) is 0 Å². The Hall–Kier alpha value is -0.870. The van der Waals surface area contributed by atoms with Crippen LogP contribution < -0.4 is 5.32 Å². The molecule has 0 spiro atoms. The molecule has 1 aromatic heterocycles. The lowest BCUT2D eigenvalue weighted by atomic mass is 9.65. The van der Waals surface area contributed by atoms with Crippen LogP contribution in [0.15, 0.2) is 6.07 Å². The molecule has 2 aliphatic heterocycles. The molecular formula is C18H30N4. The van der Waals surface area contributed by atoms with E-state index in [0.717, 1.165) is 32.2 Å². The molecule has 0 unspecified atom stereocenters. The quantitative estimate of drug-likeness (QED) is 0.912. The summed E-state index contributed by atoms with van der Waals surface area (Å²) in [6.07, 6.45) is 5.28. The Labute approximate surface area is 134 Å². The molecule has 1 saturated carbocycles. The van der Waals surface area contributed by atoms with E-state index in [4.69, 9.17) is 5.10 Å². The van der Waals surface area contributed by atoms with Gasteiger partial charge in [-0.05, 0) is 49.1 Å². The maximum atomic E-state index is 4.88. The first-order chi connectivity index (χ1) is 10.4. The number of rotatable bonds is 2. The van der Waals surface area contributed by atoms with Gasteiger partial charge in [0.1, 0.15) is 0 Å². The first-order valence-electron chi connectivity index (χ1n) is 8.93. The first-order valence-corrected chi connectivity index (χ1v) is 8.93. The summed E-state index contributed by atoms with van der Waals surface area (Å²) in [6.45, 7) is 12.8. The molecule has 0 radical (unpaired) electrons. The number of likely N-dealkylation sites (tertiary alicyclic amines) is 1. The summed E-state index contributed by atoms with van der Waals surface area (Å²) in [4.78, 5) is 2.71. The average molecular weight is 302 g/mol. The van der Waals surface area contributed by atoms with E-state index in [1.165, 1.54) is 43.6 Å². The first kappa shape index (κ1) is 14.7. The summed E-state index contributed by atoms with van der Waals surface area (Å²) in [5.74, 6) is 0. The Morgan fingerprint density at radius 1 is 1.32 bits per heavy atom. The van der Waals surface area contributed by atoms with Gasteiger partial charge in [0, 0.05) is 32.2 Å². The Morgan fingerprint density at radius 2 is 2.18 bits per heavy atom. The lowest BCUT2D eigenvalue weighted by Crippen LogP contribution is -2.34. The smallest absolute Gasteiger partial charge is 0.0768 e. The number of nitrogens with zero attached hydrogens (tertiary/aromatic N) is 3. The third kappa shape index (κ3) is 2.71. The van der Waals surface area contributed by atoms with Crippen molar-refractivity contribution in [1.82, 2.24) is 20.0 Å². The summed E-state index contributed by atoms with van der Waals surface area (Å²) in [5.41, 5.74) is 3.65. The number of fused-ring (bicyclic) bond motifs is 3. The van der Waals surface area contributed by atoms with Gasteiger partial charge >= 0.3 is 0 Å². The molecule has 1 saturated heterocycles. The van der Waals surface area contributed by atoms with Gasteiger partial charge < -0.3 is 5.32 Å². The maximum Gasteiger partial charge on any atom is 0.0768 e. The Bertz CT molecular complexity index is 538. The largest absolute Gasteiger partial charge is 0.311 e. The minimum Gasteiger partial charge on any atom is -0.311 e. The van der Waals surface area contributed by atoms with Crippen molar-refractivity contribution < 1.29 is 0 Å². The highest BCUT2D eigenvalue weighted by molar-refractivity contribution is 5.13. The van der Waals surface area contributed by atoms with Gasteiger partial charge in [-0.1, -0.05) is 20.8 Å². The van der Waals surface area contributed by atoms with Crippen molar-refractivity contribution in [3.63, 3.8) is 0 Å². The summed E-state index contributed by atoms with van der Waals surface area (Å²) in [7, 11) is 0. The van der Waals surface area contributed by atoms with Crippen LogP contribution in [0.4, 0.5) is 0 Å². The predicted molar refractivity (Wildman–Crippen MR) is 88.5 cm³/mol. The Balaban J connectivity index is 1.50. The Morgan fingerprint density at radius 3 is 3.05 bits per heavy atom. The second-order valence-corrected chi connectivity index (χ2v) is 9.00. The van der Waals surface area contributed by atoms with E-state index < -0.39 is 0 Å². The van der Waals surface area contributed by atoms with Crippen molar-refractivity contribution in [2.45, 2.75) is 72.1 Å². The minimum atomic E-state index is 0.502. The van der Waals surface area contributed by atoms with Crippen LogP contribution in [0.25, 0.3) is 0 Å². The molecule has 22 heavy (non-hydrogen) atoms. The molecule has 4 nitrogen and oxygen atoms in total. The molecule has 4 heteroatoms. The Kier molecular flexibility index (Phi) is 3.39. The second kappa shape index (κ2) is 5.07. The number of aryl methyl sites for hydroxylation is 1. The fraction of sp³-hybridized carbons (Fsp3) is 0.833. The zero-order valence-electron chi connectivity index (χ0n) is 14.4. The fourth-order valence-electron chi connectivity index (χ4n) is 5.47. The molecule has 3 heterocycles. The molecule has 1 aliphatic carbocycles. The van der Waals surface area contributed by atoms with Crippen LogP contribution in [-0.2, 0) is 19.6 Å². The molecule has 0 aromatic carbocycles. The molecular weight excluding hydrogens is 272 g/mol. The maximum absolute atomic E-state index is 4.88. The van der Waals surface area contributed by atoms with Gasteiger partial charge in [0.25, 0.3) is 0 Å². The van der Waals surface area contributed by atoms with E-state index in [0.29, 0.717) is 10.8 Å². The fourth-order valence-corrected chi connectivity index (χ4v) is 5.47. The van der Waals surface area contributed by atoms with E-state index in [1.54, 1.807) is 0 Å². The van der Waals surface area contributed by atoms with E-state index in [-0.39, 0.29) is 0 Å². The summed E-state index contributed by atoms with van der Waals surface area (Å²) < 4.78 is 2.23. The monoisotopic (exact) mass is 302 g/mol. The third-order valence-electron chi connectivity index (χ3n) is 5.83. The SMILES string of the molecule is CC1(C)C[C@@H]2C[C@@](C)(CN2Cc2cc3n(n2)CCCNC3)C1. The van der Waals surface area contributed by atoms with Crippen molar-refractivity contribution in [3.8, 4) is 0 Å². The van der Waals surface area contributed by atoms with Gasteiger partial charge in [0.15, 0.2) is 0 Å². The topological polar surface area (TPSA) is 33.1 Å². The van der Waals surface area contributed by atoms with E-state index in [2.05, 4.69) is 41.7 Å². The predicted octanol–water partition coefficient (Wildman–Crippen LogP) is 2.78. The number of hydrogen-bond acceptors (Lipinski definition) is 3. The van der Waals surface area contributed by atoms with Crippen LogP contribution in [0.1, 0.15) is 57.8 Å². The van der Waals surface area contributed by atoms with E-state index in [1.807, 2.05) is 0 Å². The summed E-state index contributed by atoms with van der Waals surface area (Å²) >= 11 is 0. The van der Waals surface area contributed by atoms with Crippen LogP contribution >= 0.6 is 0 Å². The lowest BCUT2D eigenvalue weighted by molar-refractivity contribution is 0.126. The summed E-state index contributed by atoms with van der Waals surface area (Å²) in [5, 5.41) is 8.37. The molecule has 2 atom stereocenters. The van der Waals surface area contributed by atoms with Gasteiger partial charge in [-0.2, -0.15) is 5.10 Å². The van der Waals surface area contributed by atoms with Crippen LogP contribution in [0.5, 0.6) is 0 Å². The van der Waals surface area contributed by atoms with Crippen LogP contribution in [0.2, 0.25) is 0 Å². The highest BCUT2D eigenvalue weighted by Gasteiger charge is 2.49. The van der Waals surface area contributed by atoms with Crippen LogP contribution in [-0.4, -0.2) is 33.8 Å².